The van der Waals surface area contributed by atoms with Crippen LogP contribution in [0, 0.1) is 0 Å². The van der Waals surface area contributed by atoms with Gasteiger partial charge in [-0.3, -0.25) is 0 Å². The second-order valence-corrected chi connectivity index (χ2v) is 6.80. The summed E-state index contributed by atoms with van der Waals surface area (Å²) < 4.78 is 7.43. The quantitative estimate of drug-likeness (QED) is 0.377. The molecule has 0 N–H and O–H groups in total. The van der Waals surface area contributed by atoms with Gasteiger partial charge in [-0.05, 0) is 30.2 Å². The zero-order valence-electron chi connectivity index (χ0n) is 16.4. The molecule has 0 saturated carbocycles. The van der Waals surface area contributed by atoms with Gasteiger partial charge in [-0.1, -0.05) is 91.0 Å². The van der Waals surface area contributed by atoms with Crippen molar-refractivity contribution in [3.05, 3.63) is 114 Å². The van der Waals surface area contributed by atoms with E-state index < -0.39 is 0 Å². The number of hydrogen-bond donors (Lipinski definition) is 0. The van der Waals surface area contributed by atoms with E-state index in [0.717, 1.165) is 22.0 Å². The zero-order valence-corrected chi connectivity index (χ0v) is 16.4. The molecule has 0 aliphatic carbocycles. The molecule has 0 fully saturated rings. The van der Waals surface area contributed by atoms with Crippen LogP contribution in [0.1, 0.15) is 34.6 Å². The highest BCUT2D eigenvalue weighted by atomic mass is 16.5. The Kier molecular flexibility index (Phi) is 5.57. The summed E-state index contributed by atoms with van der Waals surface area (Å²) in [7, 11) is 0. The van der Waals surface area contributed by atoms with E-state index in [4.69, 9.17) is 4.74 Å². The smallest absolute Gasteiger partial charge is 0.355 e. The van der Waals surface area contributed by atoms with E-state index in [1.165, 1.54) is 0 Å². The van der Waals surface area contributed by atoms with Crippen molar-refractivity contribution in [3.63, 3.8) is 0 Å². The third-order valence-electron chi connectivity index (χ3n) is 4.92. The summed E-state index contributed by atoms with van der Waals surface area (Å²) in [5, 5.41) is 1.02. The van der Waals surface area contributed by atoms with Gasteiger partial charge in [0, 0.05) is 10.9 Å². The Morgan fingerprint density at radius 1 is 0.931 bits per heavy atom. The molecular formula is C26H23NO2. The van der Waals surface area contributed by atoms with Gasteiger partial charge < -0.3 is 9.30 Å². The van der Waals surface area contributed by atoms with E-state index in [1.54, 1.807) is 0 Å². The number of carbonyl (C=O) groups is 1. The fourth-order valence-corrected chi connectivity index (χ4v) is 3.60. The Labute approximate surface area is 170 Å². The topological polar surface area (TPSA) is 31.2 Å². The maximum Gasteiger partial charge on any atom is 0.355 e. The molecule has 1 aromatic heterocycles. The first-order valence-corrected chi connectivity index (χ1v) is 9.83. The largest absolute Gasteiger partial charge is 0.461 e. The number of rotatable bonds is 6. The molecule has 3 heteroatoms. The molecule has 0 aliphatic rings. The van der Waals surface area contributed by atoms with Crippen molar-refractivity contribution in [1.29, 1.82) is 0 Å². The molecule has 3 aromatic carbocycles. The summed E-state index contributed by atoms with van der Waals surface area (Å²) in [5.74, 6) is -0.308. The van der Waals surface area contributed by atoms with E-state index in [1.807, 2.05) is 73.7 Å². The summed E-state index contributed by atoms with van der Waals surface area (Å²) in [6, 6.07) is 30.2. The van der Waals surface area contributed by atoms with Gasteiger partial charge in [0.1, 0.15) is 5.69 Å². The van der Waals surface area contributed by atoms with Crippen molar-refractivity contribution in [1.82, 2.24) is 4.57 Å². The molecule has 3 nitrogen and oxygen atoms in total. The van der Waals surface area contributed by atoms with Gasteiger partial charge in [0.2, 0.25) is 0 Å². The van der Waals surface area contributed by atoms with Crippen LogP contribution < -0.4 is 0 Å². The minimum atomic E-state index is -0.308. The maximum atomic E-state index is 12.8. The molecule has 0 spiro atoms. The van der Waals surface area contributed by atoms with E-state index in [-0.39, 0.29) is 12.0 Å². The Hall–Kier alpha value is -3.59. The average molecular weight is 381 g/mol. The van der Waals surface area contributed by atoms with E-state index in [0.29, 0.717) is 12.3 Å². The van der Waals surface area contributed by atoms with Gasteiger partial charge in [0.25, 0.3) is 0 Å². The number of ether oxygens (including phenoxy) is 1. The first-order valence-electron chi connectivity index (χ1n) is 9.83. The van der Waals surface area contributed by atoms with E-state index >= 15 is 0 Å². The van der Waals surface area contributed by atoms with Crippen LogP contribution >= 0.6 is 0 Å². The summed E-state index contributed by atoms with van der Waals surface area (Å²) >= 11 is 0. The first kappa shape index (κ1) is 18.8. The number of fused-ring (bicyclic) bond motifs is 1. The Morgan fingerprint density at radius 3 is 2.31 bits per heavy atom. The summed E-state index contributed by atoms with van der Waals surface area (Å²) in [6.07, 6.45) is 4.24. The molecule has 0 amide bonds. The van der Waals surface area contributed by atoms with Crippen LogP contribution in [0.15, 0.2) is 97.1 Å². The lowest BCUT2D eigenvalue weighted by Gasteiger charge is -2.20. The SMILES string of the molecule is CCOC(=O)c1cc2ccccc2n1[C@@H](/C=C/c1ccccc1)c1ccccc1. The summed E-state index contributed by atoms with van der Waals surface area (Å²) in [6.45, 7) is 2.17. The molecule has 0 bridgehead atoms. The molecular weight excluding hydrogens is 358 g/mol. The number of benzene rings is 3. The Morgan fingerprint density at radius 2 is 1.59 bits per heavy atom. The third-order valence-corrected chi connectivity index (χ3v) is 4.92. The zero-order chi connectivity index (χ0) is 20.1. The van der Waals surface area contributed by atoms with Crippen LogP contribution in [0.4, 0.5) is 0 Å². The normalized spacial score (nSPS) is 12.3. The fourth-order valence-electron chi connectivity index (χ4n) is 3.60. The van der Waals surface area contributed by atoms with Crippen molar-refractivity contribution >= 4 is 22.9 Å². The second kappa shape index (κ2) is 8.61. The van der Waals surface area contributed by atoms with Crippen LogP contribution in [0.5, 0.6) is 0 Å². The number of aromatic nitrogens is 1. The molecule has 1 atom stereocenters. The van der Waals surface area contributed by atoms with E-state index in [2.05, 4.69) is 41.0 Å². The predicted molar refractivity (Wildman–Crippen MR) is 118 cm³/mol. The molecule has 0 aliphatic heterocycles. The van der Waals surface area contributed by atoms with Gasteiger partial charge in [-0.25, -0.2) is 4.79 Å². The lowest BCUT2D eigenvalue weighted by Crippen LogP contribution is -2.16. The third kappa shape index (κ3) is 3.99. The minimum Gasteiger partial charge on any atom is -0.461 e. The molecule has 0 saturated heterocycles. The van der Waals surface area contributed by atoms with Crippen LogP contribution in [-0.4, -0.2) is 17.1 Å². The van der Waals surface area contributed by atoms with Crippen LogP contribution in [0.25, 0.3) is 17.0 Å². The molecule has 0 radical (unpaired) electrons. The van der Waals surface area contributed by atoms with Crippen molar-refractivity contribution in [2.75, 3.05) is 6.61 Å². The van der Waals surface area contributed by atoms with Gasteiger partial charge >= 0.3 is 5.97 Å². The molecule has 4 rings (SSSR count). The Balaban J connectivity index is 1.90. The van der Waals surface area contributed by atoms with Crippen molar-refractivity contribution in [2.45, 2.75) is 13.0 Å². The van der Waals surface area contributed by atoms with Gasteiger partial charge in [-0.15, -0.1) is 0 Å². The van der Waals surface area contributed by atoms with Crippen molar-refractivity contribution in [2.24, 2.45) is 0 Å². The average Bonchev–Trinajstić information content (AvgIpc) is 3.15. The van der Waals surface area contributed by atoms with Crippen molar-refractivity contribution < 1.29 is 9.53 Å². The number of para-hydroxylation sites is 1. The Bertz CT molecular complexity index is 1130. The fraction of sp³-hybridized carbons (Fsp3) is 0.115. The van der Waals surface area contributed by atoms with Crippen LogP contribution in [0.2, 0.25) is 0 Å². The van der Waals surface area contributed by atoms with Gasteiger partial charge in [0.15, 0.2) is 0 Å². The number of carbonyl (C=O) groups excluding carboxylic acids is 1. The number of hydrogen-bond acceptors (Lipinski definition) is 2. The highest BCUT2D eigenvalue weighted by molar-refractivity contribution is 5.96. The van der Waals surface area contributed by atoms with Gasteiger partial charge in [-0.2, -0.15) is 0 Å². The first-order chi connectivity index (χ1) is 14.3. The van der Waals surface area contributed by atoms with Crippen LogP contribution in [-0.2, 0) is 4.74 Å². The predicted octanol–water partition coefficient (Wildman–Crippen LogP) is 6.12. The molecule has 1 heterocycles. The molecule has 144 valence electrons. The standard InChI is InChI=1S/C26H23NO2/c1-2-29-26(28)25-19-22-15-9-10-16-23(22)27(25)24(21-13-7-4-8-14-21)18-17-20-11-5-3-6-12-20/h3-19,24H,2H2,1H3/b18-17+/t24-/m0/s1. The second-order valence-electron chi connectivity index (χ2n) is 6.80. The lowest BCUT2D eigenvalue weighted by molar-refractivity contribution is 0.0514. The maximum absolute atomic E-state index is 12.8. The summed E-state index contributed by atoms with van der Waals surface area (Å²) in [5.41, 5.74) is 3.77. The number of allylic oxidation sites excluding steroid dienone is 1. The summed E-state index contributed by atoms with van der Waals surface area (Å²) in [4.78, 5) is 12.8. The van der Waals surface area contributed by atoms with Crippen LogP contribution in [0.3, 0.4) is 0 Å². The minimum absolute atomic E-state index is 0.143. The van der Waals surface area contributed by atoms with E-state index in [9.17, 15) is 4.79 Å². The molecule has 4 aromatic rings. The molecule has 0 unspecified atom stereocenters. The number of nitrogens with zero attached hydrogens (tertiary/aromatic N) is 1. The highest BCUT2D eigenvalue weighted by Gasteiger charge is 2.22. The van der Waals surface area contributed by atoms with Gasteiger partial charge in [0.05, 0.1) is 12.6 Å². The number of esters is 1. The molecule has 29 heavy (non-hydrogen) atoms. The highest BCUT2D eigenvalue weighted by Crippen LogP contribution is 2.30. The lowest BCUT2D eigenvalue weighted by atomic mass is 10.0. The van der Waals surface area contributed by atoms with Crippen molar-refractivity contribution in [3.8, 4) is 0 Å². The monoisotopic (exact) mass is 381 g/mol.